The van der Waals surface area contributed by atoms with Crippen LogP contribution < -0.4 is 16.8 Å². The van der Waals surface area contributed by atoms with Gasteiger partial charge in [0.15, 0.2) is 5.13 Å². The SMILES string of the molecule is CC(C)C(Nc1nc2ccc(N)cc2s1)C(N)=O. The van der Waals surface area contributed by atoms with E-state index in [9.17, 15) is 4.79 Å². The van der Waals surface area contributed by atoms with Crippen LogP contribution in [0.1, 0.15) is 13.8 Å². The van der Waals surface area contributed by atoms with Crippen LogP contribution in [0.5, 0.6) is 0 Å². The average Bonchev–Trinajstić information content (AvgIpc) is 2.66. The van der Waals surface area contributed by atoms with Gasteiger partial charge in [-0.2, -0.15) is 0 Å². The largest absolute Gasteiger partial charge is 0.399 e. The molecule has 1 aromatic carbocycles. The highest BCUT2D eigenvalue weighted by molar-refractivity contribution is 7.22. The van der Waals surface area contributed by atoms with E-state index in [4.69, 9.17) is 11.5 Å². The number of hydrogen-bond acceptors (Lipinski definition) is 5. The maximum absolute atomic E-state index is 11.3. The van der Waals surface area contributed by atoms with E-state index in [0.29, 0.717) is 10.8 Å². The number of primary amides is 1. The highest BCUT2D eigenvalue weighted by Gasteiger charge is 2.20. The number of thiazole rings is 1. The molecule has 18 heavy (non-hydrogen) atoms. The van der Waals surface area contributed by atoms with Crippen molar-refractivity contribution in [3.63, 3.8) is 0 Å². The van der Waals surface area contributed by atoms with Gasteiger partial charge in [-0.3, -0.25) is 4.79 Å². The van der Waals surface area contributed by atoms with Crippen molar-refractivity contribution in [2.75, 3.05) is 11.1 Å². The molecular weight excluding hydrogens is 248 g/mol. The minimum absolute atomic E-state index is 0.111. The predicted octanol–water partition coefficient (Wildman–Crippen LogP) is 1.80. The molecule has 1 amide bonds. The van der Waals surface area contributed by atoms with Gasteiger partial charge in [-0.15, -0.1) is 0 Å². The molecule has 0 aliphatic carbocycles. The lowest BCUT2D eigenvalue weighted by molar-refractivity contribution is -0.119. The van der Waals surface area contributed by atoms with Crippen molar-refractivity contribution in [1.82, 2.24) is 4.98 Å². The van der Waals surface area contributed by atoms with Gasteiger partial charge in [0, 0.05) is 5.69 Å². The lowest BCUT2D eigenvalue weighted by atomic mass is 10.0. The van der Waals surface area contributed by atoms with E-state index in [1.54, 1.807) is 6.07 Å². The molecule has 96 valence electrons. The molecule has 0 spiro atoms. The second kappa shape index (κ2) is 4.81. The Hall–Kier alpha value is -1.82. The molecule has 1 aromatic heterocycles. The molecule has 0 fully saturated rings. The Bertz CT molecular complexity index is 578. The zero-order chi connectivity index (χ0) is 13.3. The third-order valence-electron chi connectivity index (χ3n) is 2.66. The molecule has 0 bridgehead atoms. The summed E-state index contributed by atoms with van der Waals surface area (Å²) in [6, 6.07) is 5.12. The normalized spacial score (nSPS) is 12.8. The number of rotatable bonds is 4. The fourth-order valence-corrected chi connectivity index (χ4v) is 2.65. The van der Waals surface area contributed by atoms with Crippen molar-refractivity contribution in [2.45, 2.75) is 19.9 Å². The molecule has 1 atom stereocenters. The third-order valence-corrected chi connectivity index (χ3v) is 3.61. The molecule has 0 radical (unpaired) electrons. The summed E-state index contributed by atoms with van der Waals surface area (Å²) in [5, 5.41) is 3.77. The first kappa shape index (κ1) is 12.6. The molecule has 0 aliphatic rings. The fourth-order valence-electron chi connectivity index (χ4n) is 1.70. The van der Waals surface area contributed by atoms with Crippen molar-refractivity contribution in [1.29, 1.82) is 0 Å². The number of nitrogens with zero attached hydrogens (tertiary/aromatic N) is 1. The van der Waals surface area contributed by atoms with E-state index in [-0.39, 0.29) is 11.8 Å². The summed E-state index contributed by atoms with van der Waals surface area (Å²) in [6.07, 6.45) is 0. The van der Waals surface area contributed by atoms with Gasteiger partial charge in [0.25, 0.3) is 0 Å². The molecular formula is C12H16N4OS. The monoisotopic (exact) mass is 264 g/mol. The molecule has 0 aliphatic heterocycles. The lowest BCUT2D eigenvalue weighted by Gasteiger charge is -2.17. The maximum atomic E-state index is 11.3. The summed E-state index contributed by atoms with van der Waals surface area (Å²) in [5.41, 5.74) is 12.6. The van der Waals surface area contributed by atoms with Gasteiger partial charge in [0.05, 0.1) is 10.2 Å². The van der Waals surface area contributed by atoms with Crippen molar-refractivity contribution in [2.24, 2.45) is 11.7 Å². The Morgan fingerprint density at radius 2 is 2.17 bits per heavy atom. The standard InChI is InChI=1S/C12H16N4OS/c1-6(2)10(11(14)17)16-12-15-8-4-3-7(13)5-9(8)18-12/h3-6,10H,13H2,1-2H3,(H2,14,17)(H,15,16). The molecule has 0 saturated heterocycles. The number of carbonyl (C=O) groups excluding carboxylic acids is 1. The molecule has 6 heteroatoms. The number of aromatic nitrogens is 1. The van der Waals surface area contributed by atoms with Crippen molar-refractivity contribution >= 4 is 38.3 Å². The van der Waals surface area contributed by atoms with E-state index < -0.39 is 6.04 Å². The Labute approximate surface area is 109 Å². The molecule has 2 aromatic rings. The summed E-state index contributed by atoms with van der Waals surface area (Å²) in [7, 11) is 0. The lowest BCUT2D eigenvalue weighted by Crippen LogP contribution is -2.39. The smallest absolute Gasteiger partial charge is 0.240 e. The summed E-state index contributed by atoms with van der Waals surface area (Å²) >= 11 is 1.46. The zero-order valence-electron chi connectivity index (χ0n) is 10.3. The van der Waals surface area contributed by atoms with Gasteiger partial charge in [-0.05, 0) is 24.1 Å². The van der Waals surface area contributed by atoms with Gasteiger partial charge in [-0.25, -0.2) is 4.98 Å². The van der Waals surface area contributed by atoms with E-state index in [2.05, 4.69) is 10.3 Å². The van der Waals surface area contributed by atoms with Crippen LogP contribution in [-0.2, 0) is 4.79 Å². The van der Waals surface area contributed by atoms with Gasteiger partial charge in [0.1, 0.15) is 6.04 Å². The topological polar surface area (TPSA) is 94.0 Å². The Kier molecular flexibility index (Phi) is 3.38. The van der Waals surface area contributed by atoms with Crippen LogP contribution in [0.3, 0.4) is 0 Å². The van der Waals surface area contributed by atoms with Gasteiger partial charge < -0.3 is 16.8 Å². The first-order valence-electron chi connectivity index (χ1n) is 5.69. The highest BCUT2D eigenvalue weighted by Crippen LogP contribution is 2.28. The minimum atomic E-state index is -0.414. The summed E-state index contributed by atoms with van der Waals surface area (Å²) in [5.74, 6) is -0.261. The highest BCUT2D eigenvalue weighted by atomic mass is 32.1. The summed E-state index contributed by atoms with van der Waals surface area (Å²) < 4.78 is 0.990. The second-order valence-electron chi connectivity index (χ2n) is 4.51. The van der Waals surface area contributed by atoms with Crippen LogP contribution in [0.25, 0.3) is 10.2 Å². The number of nitrogen functional groups attached to an aromatic ring is 1. The zero-order valence-corrected chi connectivity index (χ0v) is 11.1. The van der Waals surface area contributed by atoms with E-state index in [1.165, 1.54) is 11.3 Å². The number of carbonyl (C=O) groups is 1. The number of fused-ring (bicyclic) bond motifs is 1. The van der Waals surface area contributed by atoms with E-state index in [0.717, 1.165) is 10.2 Å². The van der Waals surface area contributed by atoms with Gasteiger partial charge >= 0.3 is 0 Å². The van der Waals surface area contributed by atoms with E-state index >= 15 is 0 Å². The summed E-state index contributed by atoms with van der Waals surface area (Å²) in [4.78, 5) is 15.7. The number of hydrogen-bond donors (Lipinski definition) is 3. The Morgan fingerprint density at radius 3 is 2.78 bits per heavy atom. The second-order valence-corrected chi connectivity index (χ2v) is 5.55. The number of anilines is 2. The summed E-state index contributed by atoms with van der Waals surface area (Å²) in [6.45, 7) is 3.88. The van der Waals surface area contributed by atoms with Gasteiger partial charge in [-0.1, -0.05) is 25.2 Å². The molecule has 5 nitrogen and oxygen atoms in total. The van der Waals surface area contributed by atoms with Crippen LogP contribution in [0.4, 0.5) is 10.8 Å². The van der Waals surface area contributed by atoms with Crippen molar-refractivity contribution in [3.8, 4) is 0 Å². The number of nitrogens with two attached hydrogens (primary N) is 2. The minimum Gasteiger partial charge on any atom is -0.399 e. The number of benzene rings is 1. The maximum Gasteiger partial charge on any atom is 0.240 e. The van der Waals surface area contributed by atoms with Gasteiger partial charge in [0.2, 0.25) is 5.91 Å². The van der Waals surface area contributed by atoms with Crippen molar-refractivity contribution in [3.05, 3.63) is 18.2 Å². The van der Waals surface area contributed by atoms with Crippen LogP contribution in [0.15, 0.2) is 18.2 Å². The van der Waals surface area contributed by atoms with Crippen LogP contribution in [-0.4, -0.2) is 16.9 Å². The number of nitrogens with one attached hydrogen (secondary N) is 1. The third kappa shape index (κ3) is 2.53. The van der Waals surface area contributed by atoms with Crippen LogP contribution >= 0.6 is 11.3 Å². The van der Waals surface area contributed by atoms with E-state index in [1.807, 2.05) is 26.0 Å². The molecule has 1 heterocycles. The predicted molar refractivity (Wildman–Crippen MR) is 75.5 cm³/mol. The Balaban J connectivity index is 2.28. The fraction of sp³-hybridized carbons (Fsp3) is 0.333. The first-order chi connectivity index (χ1) is 8.47. The molecule has 0 saturated carbocycles. The molecule has 2 rings (SSSR count). The Morgan fingerprint density at radius 1 is 1.44 bits per heavy atom. The van der Waals surface area contributed by atoms with Crippen molar-refractivity contribution < 1.29 is 4.79 Å². The molecule has 5 N–H and O–H groups in total. The quantitative estimate of drug-likeness (QED) is 0.734. The molecule has 1 unspecified atom stereocenters. The number of amides is 1. The van der Waals surface area contributed by atoms with Crippen LogP contribution in [0, 0.1) is 5.92 Å². The first-order valence-corrected chi connectivity index (χ1v) is 6.51. The van der Waals surface area contributed by atoms with Crippen LogP contribution in [0.2, 0.25) is 0 Å². The average molecular weight is 264 g/mol.